The molecule has 1 aromatic heterocycles. The highest BCUT2D eigenvalue weighted by atomic mass is 32.2. The number of hydrogen-bond donors (Lipinski definition) is 3. The predicted octanol–water partition coefficient (Wildman–Crippen LogP) is -0.376. The third kappa shape index (κ3) is 3.52. The summed E-state index contributed by atoms with van der Waals surface area (Å²) < 4.78 is 26.5. The number of nitrogens with zero attached hydrogens (tertiary/aromatic N) is 1. The molecule has 0 amide bonds. The summed E-state index contributed by atoms with van der Waals surface area (Å²) in [6.45, 7) is 1.89. The number of hydrogen-bond acceptors (Lipinski definition) is 4. The maximum Gasteiger partial charge on any atom is 0.215 e. The predicted molar refractivity (Wildman–Crippen MR) is 65.1 cm³/mol. The summed E-state index contributed by atoms with van der Waals surface area (Å²) in [4.78, 5) is 6.83. The van der Waals surface area contributed by atoms with Gasteiger partial charge in [-0.15, -0.1) is 0 Å². The zero-order chi connectivity index (χ0) is 12.1. The quantitative estimate of drug-likeness (QED) is 0.672. The lowest BCUT2D eigenvalue weighted by molar-refractivity contribution is 0.490. The highest BCUT2D eigenvalue weighted by Crippen LogP contribution is 2.10. The highest BCUT2D eigenvalue weighted by molar-refractivity contribution is 7.90. The van der Waals surface area contributed by atoms with Gasteiger partial charge in [0.15, 0.2) is 0 Å². The fraction of sp³-hybridized carbons (Fsp3) is 0.700. The number of rotatable bonds is 5. The first-order chi connectivity index (χ1) is 8.18. The van der Waals surface area contributed by atoms with Crippen molar-refractivity contribution < 1.29 is 8.42 Å². The molecule has 2 heterocycles. The van der Waals surface area contributed by atoms with Crippen LogP contribution < -0.4 is 10.0 Å². The Balaban J connectivity index is 1.80. The van der Waals surface area contributed by atoms with Crippen LogP contribution in [0.4, 0.5) is 0 Å². The summed E-state index contributed by atoms with van der Waals surface area (Å²) in [5.41, 5.74) is 0.939. The number of H-pyrrole nitrogens is 1. The van der Waals surface area contributed by atoms with Gasteiger partial charge in [0.05, 0.1) is 11.6 Å². The number of sulfonamides is 1. The van der Waals surface area contributed by atoms with Crippen molar-refractivity contribution >= 4 is 10.0 Å². The molecule has 17 heavy (non-hydrogen) atoms. The Morgan fingerprint density at radius 2 is 2.41 bits per heavy atom. The Kier molecular flexibility index (Phi) is 4.14. The summed E-state index contributed by atoms with van der Waals surface area (Å²) in [6.07, 6.45) is 5.60. The van der Waals surface area contributed by atoms with Gasteiger partial charge in [0.1, 0.15) is 0 Å². The molecule has 1 aliphatic rings. The zero-order valence-corrected chi connectivity index (χ0v) is 10.5. The van der Waals surface area contributed by atoms with Gasteiger partial charge in [-0.25, -0.2) is 18.1 Å². The first-order valence-electron chi connectivity index (χ1n) is 5.85. The molecule has 1 atom stereocenters. The van der Waals surface area contributed by atoms with E-state index < -0.39 is 10.0 Å². The van der Waals surface area contributed by atoms with Gasteiger partial charge in [0.2, 0.25) is 10.0 Å². The smallest absolute Gasteiger partial charge is 0.215 e. The number of aromatic nitrogens is 2. The van der Waals surface area contributed by atoms with Crippen molar-refractivity contribution in [3.63, 3.8) is 0 Å². The van der Waals surface area contributed by atoms with Crippen LogP contribution in [0, 0.1) is 0 Å². The van der Waals surface area contributed by atoms with Crippen molar-refractivity contribution in [3.8, 4) is 0 Å². The fourth-order valence-corrected chi connectivity index (χ4v) is 3.39. The maximum atomic E-state index is 11.9. The molecule has 0 saturated carbocycles. The highest BCUT2D eigenvalue weighted by Gasteiger charge is 2.26. The molecule has 1 fully saturated rings. The Morgan fingerprint density at radius 3 is 3.06 bits per heavy atom. The second kappa shape index (κ2) is 5.61. The van der Waals surface area contributed by atoms with Crippen LogP contribution in [0.2, 0.25) is 0 Å². The zero-order valence-electron chi connectivity index (χ0n) is 9.65. The van der Waals surface area contributed by atoms with Crippen molar-refractivity contribution in [1.29, 1.82) is 0 Å². The van der Waals surface area contributed by atoms with Gasteiger partial charge < -0.3 is 10.3 Å². The maximum absolute atomic E-state index is 11.9. The second-order valence-corrected chi connectivity index (χ2v) is 6.28. The van der Waals surface area contributed by atoms with Crippen molar-refractivity contribution in [2.24, 2.45) is 0 Å². The van der Waals surface area contributed by atoms with Crippen LogP contribution >= 0.6 is 0 Å². The lowest BCUT2D eigenvalue weighted by Crippen LogP contribution is -2.44. The Labute approximate surface area is 101 Å². The second-order valence-electron chi connectivity index (χ2n) is 4.23. The molecule has 1 saturated heterocycles. The van der Waals surface area contributed by atoms with Crippen molar-refractivity contribution in [3.05, 3.63) is 18.2 Å². The molecule has 0 aromatic carbocycles. The minimum absolute atomic E-state index is 0.294. The topological polar surface area (TPSA) is 86.9 Å². The van der Waals surface area contributed by atoms with Crippen LogP contribution in [0.15, 0.2) is 12.5 Å². The van der Waals surface area contributed by atoms with Crippen LogP contribution in [0.5, 0.6) is 0 Å². The largest absolute Gasteiger partial charge is 0.348 e. The van der Waals surface area contributed by atoms with E-state index in [9.17, 15) is 8.42 Å². The average molecular weight is 258 g/mol. The number of imidazole rings is 1. The molecule has 1 aliphatic heterocycles. The SMILES string of the molecule is O=S(=O)(NCCc1cnc[nH]1)C1CCCNC1. The van der Waals surface area contributed by atoms with Gasteiger partial charge in [-0.1, -0.05) is 0 Å². The molecule has 7 heteroatoms. The molecule has 0 bridgehead atoms. The van der Waals surface area contributed by atoms with E-state index in [4.69, 9.17) is 0 Å². The first kappa shape index (κ1) is 12.5. The molecule has 6 nitrogen and oxygen atoms in total. The first-order valence-corrected chi connectivity index (χ1v) is 7.39. The van der Waals surface area contributed by atoms with Gasteiger partial charge in [0, 0.05) is 31.4 Å². The van der Waals surface area contributed by atoms with Crippen molar-refractivity contribution in [1.82, 2.24) is 20.0 Å². The van der Waals surface area contributed by atoms with Crippen LogP contribution in [0.3, 0.4) is 0 Å². The fourth-order valence-electron chi connectivity index (χ4n) is 1.95. The van der Waals surface area contributed by atoms with Crippen LogP contribution in [0.1, 0.15) is 18.5 Å². The Hall–Kier alpha value is -0.920. The number of nitrogens with one attached hydrogen (secondary N) is 3. The Bertz CT molecular complexity index is 423. The van der Waals surface area contributed by atoms with E-state index in [2.05, 4.69) is 20.0 Å². The molecule has 1 unspecified atom stereocenters. The molecule has 0 spiro atoms. The van der Waals surface area contributed by atoms with Gasteiger partial charge in [0.25, 0.3) is 0 Å². The summed E-state index contributed by atoms with van der Waals surface area (Å²) >= 11 is 0. The summed E-state index contributed by atoms with van der Waals surface area (Å²) in [5, 5.41) is 2.82. The third-order valence-electron chi connectivity index (χ3n) is 2.94. The van der Waals surface area contributed by atoms with E-state index in [1.54, 1.807) is 12.5 Å². The molecule has 3 N–H and O–H groups in total. The van der Waals surface area contributed by atoms with Crippen LogP contribution in [0.25, 0.3) is 0 Å². The molecule has 2 rings (SSSR count). The summed E-state index contributed by atoms with van der Waals surface area (Å²) in [5.74, 6) is 0. The number of aromatic amines is 1. The average Bonchev–Trinajstić information content (AvgIpc) is 2.83. The summed E-state index contributed by atoms with van der Waals surface area (Å²) in [7, 11) is -3.18. The molecule has 0 aliphatic carbocycles. The van der Waals surface area contributed by atoms with E-state index in [0.717, 1.165) is 25.1 Å². The van der Waals surface area contributed by atoms with Crippen molar-refractivity contribution in [2.45, 2.75) is 24.5 Å². The minimum Gasteiger partial charge on any atom is -0.348 e. The van der Waals surface area contributed by atoms with Gasteiger partial charge in [-0.05, 0) is 19.4 Å². The van der Waals surface area contributed by atoms with E-state index in [1.807, 2.05) is 0 Å². The van der Waals surface area contributed by atoms with E-state index in [-0.39, 0.29) is 5.25 Å². The van der Waals surface area contributed by atoms with Gasteiger partial charge in [-0.2, -0.15) is 0 Å². The van der Waals surface area contributed by atoms with E-state index in [0.29, 0.717) is 19.5 Å². The standard InChI is InChI=1S/C10H18N4O2S/c15-17(16,10-2-1-4-11-7-10)14-5-3-9-6-12-8-13-9/h6,8,10-11,14H,1-5,7H2,(H,12,13). The molecular weight excluding hydrogens is 240 g/mol. The summed E-state index contributed by atoms with van der Waals surface area (Å²) in [6, 6.07) is 0. The lowest BCUT2D eigenvalue weighted by Gasteiger charge is -2.22. The molecular formula is C10H18N4O2S. The third-order valence-corrected chi connectivity index (χ3v) is 4.83. The Morgan fingerprint density at radius 1 is 1.53 bits per heavy atom. The van der Waals surface area contributed by atoms with Gasteiger partial charge in [-0.3, -0.25) is 0 Å². The molecule has 96 valence electrons. The number of piperidine rings is 1. The monoisotopic (exact) mass is 258 g/mol. The molecule has 0 radical (unpaired) electrons. The van der Waals surface area contributed by atoms with Crippen LogP contribution in [-0.2, 0) is 16.4 Å². The van der Waals surface area contributed by atoms with E-state index >= 15 is 0 Å². The minimum atomic E-state index is -3.18. The molecule has 1 aromatic rings. The van der Waals surface area contributed by atoms with Crippen molar-refractivity contribution in [2.75, 3.05) is 19.6 Å². The van der Waals surface area contributed by atoms with E-state index in [1.165, 1.54) is 0 Å². The van der Waals surface area contributed by atoms with Crippen LogP contribution in [-0.4, -0.2) is 43.3 Å². The lowest BCUT2D eigenvalue weighted by atomic mass is 10.2. The van der Waals surface area contributed by atoms with Gasteiger partial charge >= 0.3 is 0 Å². The normalized spacial score (nSPS) is 21.5.